The molecule has 0 bridgehead atoms. The van der Waals surface area contributed by atoms with Crippen molar-refractivity contribution in [1.29, 1.82) is 0 Å². The summed E-state index contributed by atoms with van der Waals surface area (Å²) >= 11 is 0. The standard InChI is InChI=1S/C20H23NO5/c1-3-24-20(23)18-14-8-9-16(17(14)18)25-13-6-4-12(5-7-13)19-15(10-22)11(2)21-26-19/h4-7,14,16-18,22H,3,8-10H2,1-2H3. The second-order valence-corrected chi connectivity index (χ2v) is 7.01. The first kappa shape index (κ1) is 17.1. The van der Waals surface area contributed by atoms with Gasteiger partial charge in [0.25, 0.3) is 0 Å². The van der Waals surface area contributed by atoms with E-state index in [0.717, 1.165) is 24.2 Å². The highest BCUT2D eigenvalue weighted by Gasteiger charge is 2.63. The first-order chi connectivity index (χ1) is 12.6. The van der Waals surface area contributed by atoms with Gasteiger partial charge in [-0.2, -0.15) is 0 Å². The van der Waals surface area contributed by atoms with Gasteiger partial charge in [-0.1, -0.05) is 5.16 Å². The van der Waals surface area contributed by atoms with Gasteiger partial charge in [-0.25, -0.2) is 0 Å². The van der Waals surface area contributed by atoms with Crippen LogP contribution in [0, 0.1) is 24.7 Å². The molecule has 4 rings (SSSR count). The summed E-state index contributed by atoms with van der Waals surface area (Å²) in [6.45, 7) is 3.97. The van der Waals surface area contributed by atoms with E-state index in [9.17, 15) is 9.90 Å². The van der Waals surface area contributed by atoms with Crippen LogP contribution in [0.25, 0.3) is 11.3 Å². The first-order valence-corrected chi connectivity index (χ1v) is 9.13. The number of hydrogen-bond acceptors (Lipinski definition) is 6. The van der Waals surface area contributed by atoms with Crippen LogP contribution in [-0.4, -0.2) is 28.9 Å². The van der Waals surface area contributed by atoms with Gasteiger partial charge >= 0.3 is 5.97 Å². The highest BCUT2D eigenvalue weighted by atomic mass is 16.5. The number of carbonyl (C=O) groups is 1. The minimum Gasteiger partial charge on any atom is -0.490 e. The lowest BCUT2D eigenvalue weighted by molar-refractivity contribution is -0.146. The average molecular weight is 357 g/mol. The lowest BCUT2D eigenvalue weighted by Crippen LogP contribution is -2.21. The molecule has 0 saturated heterocycles. The van der Waals surface area contributed by atoms with Crippen molar-refractivity contribution < 1.29 is 23.9 Å². The SMILES string of the molecule is CCOC(=O)C1C2CCC(Oc3ccc(-c4onc(C)c4CO)cc3)C21. The third-order valence-electron chi connectivity index (χ3n) is 5.55. The molecule has 2 aliphatic carbocycles. The molecule has 2 aromatic rings. The summed E-state index contributed by atoms with van der Waals surface area (Å²) in [4.78, 5) is 12.0. The summed E-state index contributed by atoms with van der Waals surface area (Å²) < 4.78 is 16.6. The molecule has 2 fully saturated rings. The van der Waals surface area contributed by atoms with E-state index in [2.05, 4.69) is 5.16 Å². The maximum absolute atomic E-state index is 12.0. The fourth-order valence-electron chi connectivity index (χ4n) is 4.20. The minimum atomic E-state index is -0.108. The van der Waals surface area contributed by atoms with Crippen molar-refractivity contribution in [1.82, 2.24) is 5.16 Å². The summed E-state index contributed by atoms with van der Waals surface area (Å²) in [5, 5.41) is 13.4. The fourth-order valence-corrected chi connectivity index (χ4v) is 4.20. The Morgan fingerprint density at radius 2 is 2.08 bits per heavy atom. The van der Waals surface area contributed by atoms with Gasteiger partial charge in [0.05, 0.1) is 24.8 Å². The first-order valence-electron chi connectivity index (χ1n) is 9.13. The largest absolute Gasteiger partial charge is 0.490 e. The van der Waals surface area contributed by atoms with Gasteiger partial charge in [0.15, 0.2) is 5.76 Å². The molecule has 0 spiro atoms. The Balaban J connectivity index is 1.43. The highest BCUT2D eigenvalue weighted by molar-refractivity contribution is 5.77. The van der Waals surface area contributed by atoms with Crippen LogP contribution in [-0.2, 0) is 16.1 Å². The van der Waals surface area contributed by atoms with Crippen LogP contribution in [0.5, 0.6) is 5.75 Å². The summed E-state index contributed by atoms with van der Waals surface area (Å²) in [6.07, 6.45) is 2.07. The fraction of sp³-hybridized carbons (Fsp3) is 0.500. The van der Waals surface area contributed by atoms with E-state index in [1.54, 1.807) is 0 Å². The number of aromatic nitrogens is 1. The van der Waals surface area contributed by atoms with Crippen LogP contribution >= 0.6 is 0 Å². The van der Waals surface area contributed by atoms with Crippen molar-refractivity contribution in [3.63, 3.8) is 0 Å². The van der Waals surface area contributed by atoms with Crippen LogP contribution in [0.4, 0.5) is 0 Å². The Hall–Kier alpha value is -2.34. The lowest BCUT2D eigenvalue weighted by atomic mass is 10.1. The third-order valence-corrected chi connectivity index (χ3v) is 5.55. The minimum absolute atomic E-state index is 0.0113. The van der Waals surface area contributed by atoms with E-state index in [-0.39, 0.29) is 30.5 Å². The third kappa shape index (κ3) is 2.88. The summed E-state index contributed by atoms with van der Waals surface area (Å²) in [6, 6.07) is 7.58. The second-order valence-electron chi connectivity index (χ2n) is 7.01. The van der Waals surface area contributed by atoms with Crippen LogP contribution < -0.4 is 4.74 Å². The molecule has 4 atom stereocenters. The predicted molar refractivity (Wildman–Crippen MR) is 93.4 cm³/mol. The highest BCUT2D eigenvalue weighted by Crippen LogP contribution is 2.58. The van der Waals surface area contributed by atoms with Gasteiger partial charge in [0.1, 0.15) is 11.9 Å². The quantitative estimate of drug-likeness (QED) is 0.800. The van der Waals surface area contributed by atoms with E-state index in [1.807, 2.05) is 38.1 Å². The predicted octanol–water partition coefficient (Wildman–Crippen LogP) is 3.11. The van der Waals surface area contributed by atoms with Crippen molar-refractivity contribution in [2.75, 3.05) is 6.61 Å². The number of ether oxygens (including phenoxy) is 2. The average Bonchev–Trinajstić information content (AvgIpc) is 3.04. The topological polar surface area (TPSA) is 81.8 Å². The second kappa shape index (κ2) is 6.76. The molecule has 0 radical (unpaired) electrons. The number of benzene rings is 1. The van der Waals surface area contributed by atoms with E-state index in [1.165, 1.54) is 0 Å². The molecule has 4 unspecified atom stereocenters. The molecule has 1 aromatic heterocycles. The molecule has 0 aliphatic heterocycles. The smallest absolute Gasteiger partial charge is 0.309 e. The molecule has 26 heavy (non-hydrogen) atoms. The van der Waals surface area contributed by atoms with Crippen molar-refractivity contribution in [2.45, 2.75) is 39.4 Å². The number of aryl methyl sites for hydroxylation is 1. The van der Waals surface area contributed by atoms with Crippen molar-refractivity contribution in [3.8, 4) is 17.1 Å². The zero-order valence-corrected chi connectivity index (χ0v) is 15.0. The number of aliphatic hydroxyl groups is 1. The molecule has 2 saturated carbocycles. The van der Waals surface area contributed by atoms with Gasteiger partial charge < -0.3 is 19.1 Å². The number of hydrogen-bond donors (Lipinski definition) is 1. The van der Waals surface area contributed by atoms with Gasteiger partial charge in [0.2, 0.25) is 0 Å². The summed E-state index contributed by atoms with van der Waals surface area (Å²) in [5.41, 5.74) is 2.24. The molecule has 1 aromatic carbocycles. The summed E-state index contributed by atoms with van der Waals surface area (Å²) in [5.74, 6) is 1.99. The number of nitrogens with zero attached hydrogens (tertiary/aromatic N) is 1. The van der Waals surface area contributed by atoms with Gasteiger partial charge in [-0.15, -0.1) is 0 Å². The van der Waals surface area contributed by atoms with Crippen LogP contribution in [0.2, 0.25) is 0 Å². The zero-order chi connectivity index (χ0) is 18.3. The molecule has 0 amide bonds. The van der Waals surface area contributed by atoms with Gasteiger partial charge in [0, 0.05) is 17.0 Å². The number of rotatable bonds is 6. The van der Waals surface area contributed by atoms with Crippen molar-refractivity contribution >= 4 is 5.97 Å². The van der Waals surface area contributed by atoms with E-state index in [4.69, 9.17) is 14.0 Å². The van der Waals surface area contributed by atoms with Crippen LogP contribution in [0.1, 0.15) is 31.0 Å². The normalized spacial score (nSPS) is 26.4. The number of fused-ring (bicyclic) bond motifs is 1. The van der Waals surface area contributed by atoms with Crippen LogP contribution in [0.3, 0.4) is 0 Å². The number of esters is 1. The molecule has 6 heteroatoms. The Labute approximate surface area is 152 Å². The van der Waals surface area contributed by atoms with Crippen molar-refractivity contribution in [2.24, 2.45) is 17.8 Å². The van der Waals surface area contributed by atoms with Crippen LogP contribution in [0.15, 0.2) is 28.8 Å². The van der Waals surface area contributed by atoms with E-state index < -0.39 is 0 Å². The lowest BCUT2D eigenvalue weighted by Gasteiger charge is -2.17. The van der Waals surface area contributed by atoms with Gasteiger partial charge in [-0.3, -0.25) is 4.79 Å². The Morgan fingerprint density at radius 3 is 2.77 bits per heavy atom. The van der Waals surface area contributed by atoms with Crippen molar-refractivity contribution in [3.05, 3.63) is 35.5 Å². The molecule has 1 N–H and O–H groups in total. The molecule has 6 nitrogen and oxygen atoms in total. The number of carbonyl (C=O) groups excluding carboxylic acids is 1. The molecular weight excluding hydrogens is 334 g/mol. The molecule has 138 valence electrons. The molecule has 1 heterocycles. The van der Waals surface area contributed by atoms with E-state index in [0.29, 0.717) is 29.5 Å². The number of aliphatic hydroxyl groups excluding tert-OH is 1. The monoisotopic (exact) mass is 357 g/mol. The molecular formula is C20H23NO5. The maximum Gasteiger partial charge on any atom is 0.309 e. The summed E-state index contributed by atoms with van der Waals surface area (Å²) in [7, 11) is 0. The Morgan fingerprint density at radius 1 is 1.31 bits per heavy atom. The zero-order valence-electron chi connectivity index (χ0n) is 15.0. The maximum atomic E-state index is 12.0. The van der Waals surface area contributed by atoms with E-state index >= 15 is 0 Å². The van der Waals surface area contributed by atoms with Gasteiger partial charge in [-0.05, 0) is 56.9 Å². The Kier molecular flexibility index (Phi) is 4.44. The molecule has 2 aliphatic rings. The Bertz CT molecular complexity index is 797.